The fraction of sp³-hybridized carbons (Fsp3) is 0.421. The third-order valence-corrected chi connectivity index (χ3v) is 3.96. The Labute approximate surface area is 128 Å². The topological polar surface area (TPSA) is 24.9 Å². The van der Waals surface area contributed by atoms with E-state index in [4.69, 9.17) is 0 Å². The lowest BCUT2D eigenvalue weighted by Crippen LogP contribution is -2.09. The van der Waals surface area contributed by atoms with Crippen LogP contribution in [0.5, 0.6) is 0 Å². The van der Waals surface area contributed by atoms with E-state index >= 15 is 0 Å². The molecule has 1 aromatic heterocycles. The summed E-state index contributed by atoms with van der Waals surface area (Å²) in [4.78, 5) is 4.00. The Hall–Kier alpha value is -1.67. The van der Waals surface area contributed by atoms with Crippen molar-refractivity contribution in [2.75, 3.05) is 7.05 Å². The minimum absolute atomic E-state index is 0.504. The first kappa shape index (κ1) is 15.7. The van der Waals surface area contributed by atoms with Gasteiger partial charge in [0.2, 0.25) is 0 Å². The molecule has 0 spiro atoms. The van der Waals surface area contributed by atoms with Crippen molar-refractivity contribution in [1.29, 1.82) is 0 Å². The summed E-state index contributed by atoms with van der Waals surface area (Å²) in [5, 5.41) is 3.10. The standard InChI is InChI=1S/C11H14.C8H12N2/c1-11(2)7-9-5-3-4-6-10(9)8-11;1-7-5-10-4-3-8(7)6-9-2/h3-6H,7-8H2,1-2H3;3-5,9H,6H2,1-2H3. The SMILES string of the molecule is CC1(C)Cc2ccccc2C1.CNCc1ccncc1C. The molecule has 0 aliphatic heterocycles. The zero-order valence-electron chi connectivity index (χ0n) is 13.6. The van der Waals surface area contributed by atoms with E-state index in [1.165, 1.54) is 24.0 Å². The van der Waals surface area contributed by atoms with Crippen LogP contribution in [0.3, 0.4) is 0 Å². The van der Waals surface area contributed by atoms with Gasteiger partial charge in [-0.15, -0.1) is 0 Å². The minimum atomic E-state index is 0.504. The summed E-state index contributed by atoms with van der Waals surface area (Å²) in [5.41, 5.74) is 6.17. The maximum atomic E-state index is 4.00. The molecule has 1 aromatic carbocycles. The van der Waals surface area contributed by atoms with Crippen LogP contribution >= 0.6 is 0 Å². The molecule has 2 aromatic rings. The first-order chi connectivity index (χ1) is 10.0. The van der Waals surface area contributed by atoms with Crippen molar-refractivity contribution >= 4 is 0 Å². The highest BCUT2D eigenvalue weighted by atomic mass is 14.8. The van der Waals surface area contributed by atoms with E-state index in [9.17, 15) is 0 Å². The number of hydrogen-bond donors (Lipinski definition) is 1. The van der Waals surface area contributed by atoms with Gasteiger partial charge in [0.25, 0.3) is 0 Å². The lowest BCUT2D eigenvalue weighted by Gasteiger charge is -2.14. The van der Waals surface area contributed by atoms with Crippen molar-refractivity contribution in [2.45, 2.75) is 40.2 Å². The van der Waals surface area contributed by atoms with E-state index in [0.29, 0.717) is 5.41 Å². The molecule has 21 heavy (non-hydrogen) atoms. The number of aromatic nitrogens is 1. The zero-order chi connectivity index (χ0) is 15.3. The maximum absolute atomic E-state index is 4.00. The Morgan fingerprint density at radius 1 is 1.10 bits per heavy atom. The molecule has 1 heterocycles. The van der Waals surface area contributed by atoms with Crippen LogP contribution in [0.4, 0.5) is 0 Å². The number of nitrogens with zero attached hydrogens (tertiary/aromatic N) is 1. The van der Waals surface area contributed by atoms with Crippen molar-refractivity contribution in [3.05, 3.63) is 65.0 Å². The highest BCUT2D eigenvalue weighted by Gasteiger charge is 2.27. The zero-order valence-corrected chi connectivity index (χ0v) is 13.6. The highest BCUT2D eigenvalue weighted by Crippen LogP contribution is 2.35. The van der Waals surface area contributed by atoms with Crippen LogP contribution in [-0.2, 0) is 19.4 Å². The first-order valence-corrected chi connectivity index (χ1v) is 7.63. The molecule has 0 atom stereocenters. The van der Waals surface area contributed by atoms with Crippen LogP contribution in [0.2, 0.25) is 0 Å². The molecule has 2 nitrogen and oxygen atoms in total. The predicted molar refractivity (Wildman–Crippen MR) is 89.4 cm³/mol. The molecule has 0 saturated heterocycles. The van der Waals surface area contributed by atoms with Crippen LogP contribution in [0.25, 0.3) is 0 Å². The lowest BCUT2D eigenvalue weighted by molar-refractivity contribution is 0.392. The first-order valence-electron chi connectivity index (χ1n) is 7.63. The number of rotatable bonds is 2. The van der Waals surface area contributed by atoms with Crippen LogP contribution < -0.4 is 5.32 Å². The van der Waals surface area contributed by atoms with E-state index in [2.05, 4.69) is 55.3 Å². The highest BCUT2D eigenvalue weighted by molar-refractivity contribution is 5.33. The molecule has 1 aliphatic rings. The number of hydrogen-bond acceptors (Lipinski definition) is 2. The quantitative estimate of drug-likeness (QED) is 0.903. The van der Waals surface area contributed by atoms with E-state index in [0.717, 1.165) is 6.54 Å². The molecule has 0 fully saturated rings. The van der Waals surface area contributed by atoms with E-state index < -0.39 is 0 Å². The van der Waals surface area contributed by atoms with Crippen LogP contribution in [0, 0.1) is 12.3 Å². The van der Waals surface area contributed by atoms with Gasteiger partial charge in [-0.05, 0) is 60.5 Å². The van der Waals surface area contributed by atoms with Crippen molar-refractivity contribution in [3.8, 4) is 0 Å². The number of fused-ring (bicyclic) bond motifs is 1. The predicted octanol–water partition coefficient (Wildman–Crippen LogP) is 3.92. The molecule has 0 bridgehead atoms. The molecule has 0 amide bonds. The Morgan fingerprint density at radius 3 is 2.24 bits per heavy atom. The molecule has 0 radical (unpaired) electrons. The third kappa shape index (κ3) is 4.40. The van der Waals surface area contributed by atoms with Gasteiger partial charge in [-0.2, -0.15) is 0 Å². The van der Waals surface area contributed by atoms with Gasteiger partial charge in [0, 0.05) is 18.9 Å². The molecule has 0 unspecified atom stereocenters. The van der Waals surface area contributed by atoms with Crippen LogP contribution in [0.1, 0.15) is 36.1 Å². The van der Waals surface area contributed by atoms with Crippen molar-refractivity contribution in [3.63, 3.8) is 0 Å². The maximum Gasteiger partial charge on any atom is 0.0300 e. The summed E-state index contributed by atoms with van der Waals surface area (Å²) >= 11 is 0. The largest absolute Gasteiger partial charge is 0.316 e. The van der Waals surface area contributed by atoms with Crippen LogP contribution in [0.15, 0.2) is 42.7 Å². The second-order valence-corrected chi connectivity index (χ2v) is 6.62. The summed E-state index contributed by atoms with van der Waals surface area (Å²) in [5.74, 6) is 0. The monoisotopic (exact) mass is 282 g/mol. The molecular formula is C19H26N2. The van der Waals surface area contributed by atoms with Gasteiger partial charge in [0.05, 0.1) is 0 Å². The molecule has 0 saturated carbocycles. The molecule has 112 valence electrons. The second-order valence-electron chi connectivity index (χ2n) is 6.62. The average Bonchev–Trinajstić information content (AvgIpc) is 2.76. The smallest absolute Gasteiger partial charge is 0.0300 e. The number of pyridine rings is 1. The molecular weight excluding hydrogens is 256 g/mol. The summed E-state index contributed by atoms with van der Waals surface area (Å²) < 4.78 is 0. The lowest BCUT2D eigenvalue weighted by atomic mass is 9.90. The Balaban J connectivity index is 0.000000155. The fourth-order valence-corrected chi connectivity index (χ4v) is 2.89. The summed E-state index contributed by atoms with van der Waals surface area (Å²) in [6.45, 7) is 7.67. The van der Waals surface area contributed by atoms with E-state index in [1.807, 2.05) is 25.5 Å². The number of benzene rings is 1. The van der Waals surface area contributed by atoms with Gasteiger partial charge >= 0.3 is 0 Å². The number of aryl methyl sites for hydroxylation is 1. The molecule has 1 aliphatic carbocycles. The van der Waals surface area contributed by atoms with Crippen LogP contribution in [-0.4, -0.2) is 12.0 Å². The van der Waals surface area contributed by atoms with Crippen molar-refractivity contribution in [1.82, 2.24) is 10.3 Å². The van der Waals surface area contributed by atoms with Gasteiger partial charge in [0.1, 0.15) is 0 Å². The molecule has 1 N–H and O–H groups in total. The van der Waals surface area contributed by atoms with Gasteiger partial charge in [-0.3, -0.25) is 4.98 Å². The normalized spacial score (nSPS) is 15.0. The van der Waals surface area contributed by atoms with Gasteiger partial charge < -0.3 is 5.32 Å². The van der Waals surface area contributed by atoms with E-state index in [-0.39, 0.29) is 0 Å². The average molecular weight is 282 g/mol. The fourth-order valence-electron chi connectivity index (χ4n) is 2.89. The number of nitrogens with one attached hydrogen (secondary N) is 1. The Bertz CT molecular complexity index is 561. The summed E-state index contributed by atoms with van der Waals surface area (Å²) in [6.07, 6.45) is 6.21. The van der Waals surface area contributed by atoms with E-state index in [1.54, 1.807) is 11.1 Å². The van der Waals surface area contributed by atoms with Crippen molar-refractivity contribution in [2.24, 2.45) is 5.41 Å². The molecule has 3 rings (SSSR count). The van der Waals surface area contributed by atoms with Gasteiger partial charge in [-0.25, -0.2) is 0 Å². The summed E-state index contributed by atoms with van der Waals surface area (Å²) in [6, 6.07) is 10.8. The molecule has 2 heteroatoms. The van der Waals surface area contributed by atoms with Gasteiger partial charge in [-0.1, -0.05) is 38.1 Å². The third-order valence-electron chi connectivity index (χ3n) is 3.96. The Morgan fingerprint density at radius 2 is 1.71 bits per heavy atom. The second kappa shape index (κ2) is 6.86. The Kier molecular flexibility index (Phi) is 5.13. The van der Waals surface area contributed by atoms with Crippen molar-refractivity contribution < 1.29 is 0 Å². The van der Waals surface area contributed by atoms with Gasteiger partial charge in [0.15, 0.2) is 0 Å². The minimum Gasteiger partial charge on any atom is -0.316 e. The summed E-state index contributed by atoms with van der Waals surface area (Å²) in [7, 11) is 1.94.